The van der Waals surface area contributed by atoms with Crippen LogP contribution in [-0.4, -0.2) is 74.6 Å². The van der Waals surface area contributed by atoms with Crippen molar-refractivity contribution in [1.82, 2.24) is 15.1 Å². The van der Waals surface area contributed by atoms with Crippen LogP contribution in [0.25, 0.3) is 0 Å². The van der Waals surface area contributed by atoms with Gasteiger partial charge in [0.15, 0.2) is 0 Å². The Bertz CT molecular complexity index is 329. The Kier molecular flexibility index (Phi) is 5.15. The van der Waals surface area contributed by atoms with E-state index in [0.29, 0.717) is 13.1 Å². The summed E-state index contributed by atoms with van der Waals surface area (Å²) in [6, 6.07) is 0. The van der Waals surface area contributed by atoms with E-state index < -0.39 is 0 Å². The lowest BCUT2D eigenvalue weighted by Crippen LogP contribution is -2.50. The van der Waals surface area contributed by atoms with Crippen LogP contribution in [0.3, 0.4) is 0 Å². The molecule has 1 unspecified atom stereocenters. The quantitative estimate of drug-likeness (QED) is 0.687. The number of piperazine rings is 1. The predicted octanol–water partition coefficient (Wildman–Crippen LogP) is -0.697. The molecule has 2 heterocycles. The minimum Gasteiger partial charge on any atom is -0.469 e. The fourth-order valence-electron chi connectivity index (χ4n) is 2.72. The van der Waals surface area contributed by atoms with Gasteiger partial charge in [0.2, 0.25) is 5.91 Å². The third-order valence-electron chi connectivity index (χ3n) is 3.88. The van der Waals surface area contributed by atoms with E-state index in [-0.39, 0.29) is 17.8 Å². The van der Waals surface area contributed by atoms with Crippen molar-refractivity contribution in [2.24, 2.45) is 5.92 Å². The van der Waals surface area contributed by atoms with Crippen LogP contribution in [0.4, 0.5) is 0 Å². The van der Waals surface area contributed by atoms with E-state index in [1.54, 1.807) is 0 Å². The molecular weight excluding hydrogens is 246 g/mol. The number of carbonyl (C=O) groups is 2. The van der Waals surface area contributed by atoms with Crippen LogP contribution in [-0.2, 0) is 14.3 Å². The van der Waals surface area contributed by atoms with Crippen LogP contribution < -0.4 is 5.32 Å². The topological polar surface area (TPSA) is 61.9 Å². The van der Waals surface area contributed by atoms with Gasteiger partial charge in [-0.1, -0.05) is 0 Å². The highest BCUT2D eigenvalue weighted by atomic mass is 16.5. The highest BCUT2D eigenvalue weighted by Gasteiger charge is 2.29. The monoisotopic (exact) mass is 269 g/mol. The van der Waals surface area contributed by atoms with E-state index in [1.165, 1.54) is 7.11 Å². The SMILES string of the molecule is COC(=O)C1CCCN(C(=O)CN2CCNCC2)C1. The first-order valence-electron chi connectivity index (χ1n) is 6.99. The number of ether oxygens (including phenoxy) is 1. The Morgan fingerprint density at radius 2 is 2.00 bits per heavy atom. The average molecular weight is 269 g/mol. The standard InChI is InChI=1S/C13H23N3O3/c1-19-13(18)11-3-2-6-16(9-11)12(17)10-15-7-4-14-5-8-15/h11,14H,2-10H2,1H3. The first kappa shape index (κ1) is 14.3. The number of amides is 1. The zero-order valence-electron chi connectivity index (χ0n) is 11.6. The van der Waals surface area contributed by atoms with Gasteiger partial charge in [-0.2, -0.15) is 0 Å². The van der Waals surface area contributed by atoms with Gasteiger partial charge >= 0.3 is 5.97 Å². The molecule has 0 bridgehead atoms. The molecule has 2 aliphatic heterocycles. The van der Waals surface area contributed by atoms with Gasteiger partial charge in [0, 0.05) is 39.3 Å². The van der Waals surface area contributed by atoms with Crippen molar-refractivity contribution in [2.75, 3.05) is 52.9 Å². The highest BCUT2D eigenvalue weighted by Crippen LogP contribution is 2.18. The molecule has 19 heavy (non-hydrogen) atoms. The molecule has 6 heteroatoms. The van der Waals surface area contributed by atoms with Crippen LogP contribution in [0.1, 0.15) is 12.8 Å². The average Bonchev–Trinajstić information content (AvgIpc) is 2.47. The van der Waals surface area contributed by atoms with Gasteiger partial charge in [-0.15, -0.1) is 0 Å². The number of methoxy groups -OCH3 is 1. The molecule has 6 nitrogen and oxygen atoms in total. The van der Waals surface area contributed by atoms with E-state index >= 15 is 0 Å². The fourth-order valence-corrected chi connectivity index (χ4v) is 2.72. The van der Waals surface area contributed by atoms with Crippen molar-refractivity contribution in [1.29, 1.82) is 0 Å². The van der Waals surface area contributed by atoms with Gasteiger partial charge in [-0.25, -0.2) is 0 Å². The first-order chi connectivity index (χ1) is 9.20. The Labute approximate surface area is 114 Å². The lowest BCUT2D eigenvalue weighted by atomic mass is 9.98. The van der Waals surface area contributed by atoms with Crippen molar-refractivity contribution in [3.8, 4) is 0 Å². The predicted molar refractivity (Wildman–Crippen MR) is 70.6 cm³/mol. The van der Waals surface area contributed by atoms with Gasteiger partial charge in [0.1, 0.15) is 0 Å². The molecule has 0 aromatic carbocycles. The summed E-state index contributed by atoms with van der Waals surface area (Å²) >= 11 is 0. The molecule has 1 amide bonds. The van der Waals surface area contributed by atoms with E-state index in [2.05, 4.69) is 10.2 Å². The smallest absolute Gasteiger partial charge is 0.310 e. The molecule has 0 aromatic heterocycles. The van der Waals surface area contributed by atoms with Crippen molar-refractivity contribution in [2.45, 2.75) is 12.8 Å². The van der Waals surface area contributed by atoms with Crippen LogP contribution >= 0.6 is 0 Å². The molecule has 0 spiro atoms. The molecule has 1 N–H and O–H groups in total. The maximum atomic E-state index is 12.2. The number of likely N-dealkylation sites (tertiary alicyclic amines) is 1. The summed E-state index contributed by atoms with van der Waals surface area (Å²) < 4.78 is 4.77. The lowest BCUT2D eigenvalue weighted by Gasteiger charge is -2.34. The minimum atomic E-state index is -0.195. The summed E-state index contributed by atoms with van der Waals surface area (Å²) in [5, 5.41) is 3.27. The van der Waals surface area contributed by atoms with Crippen molar-refractivity contribution in [3.05, 3.63) is 0 Å². The Hall–Kier alpha value is -1.14. The first-order valence-corrected chi connectivity index (χ1v) is 6.99. The molecule has 2 aliphatic rings. The number of hydrogen-bond acceptors (Lipinski definition) is 5. The third kappa shape index (κ3) is 3.91. The number of esters is 1. The number of carbonyl (C=O) groups excluding carboxylic acids is 2. The lowest BCUT2D eigenvalue weighted by molar-refractivity contribution is -0.149. The molecule has 0 aromatic rings. The van der Waals surface area contributed by atoms with Crippen LogP contribution in [0.5, 0.6) is 0 Å². The molecule has 2 rings (SSSR count). The maximum Gasteiger partial charge on any atom is 0.310 e. The fraction of sp³-hybridized carbons (Fsp3) is 0.846. The third-order valence-corrected chi connectivity index (χ3v) is 3.88. The molecule has 2 saturated heterocycles. The number of rotatable bonds is 3. The van der Waals surface area contributed by atoms with E-state index in [9.17, 15) is 9.59 Å². The Balaban J connectivity index is 1.82. The summed E-state index contributed by atoms with van der Waals surface area (Å²) in [5.41, 5.74) is 0. The summed E-state index contributed by atoms with van der Waals surface area (Å²) in [7, 11) is 1.41. The molecule has 1 atom stereocenters. The maximum absolute atomic E-state index is 12.2. The summed E-state index contributed by atoms with van der Waals surface area (Å²) in [4.78, 5) is 27.8. The van der Waals surface area contributed by atoms with E-state index in [4.69, 9.17) is 4.74 Å². The Morgan fingerprint density at radius 3 is 2.68 bits per heavy atom. The molecule has 2 fully saturated rings. The summed E-state index contributed by atoms with van der Waals surface area (Å²) in [6.45, 7) is 5.46. The van der Waals surface area contributed by atoms with Gasteiger partial charge in [-0.05, 0) is 12.8 Å². The van der Waals surface area contributed by atoms with Gasteiger partial charge in [0.25, 0.3) is 0 Å². The largest absolute Gasteiger partial charge is 0.469 e. The van der Waals surface area contributed by atoms with E-state index in [1.807, 2.05) is 4.90 Å². The van der Waals surface area contributed by atoms with Crippen molar-refractivity contribution < 1.29 is 14.3 Å². The van der Waals surface area contributed by atoms with Crippen LogP contribution in [0.2, 0.25) is 0 Å². The van der Waals surface area contributed by atoms with Crippen LogP contribution in [0.15, 0.2) is 0 Å². The molecule has 0 radical (unpaired) electrons. The van der Waals surface area contributed by atoms with Crippen molar-refractivity contribution >= 4 is 11.9 Å². The van der Waals surface area contributed by atoms with Gasteiger partial charge in [-0.3, -0.25) is 14.5 Å². The van der Waals surface area contributed by atoms with Gasteiger partial charge < -0.3 is 15.0 Å². The normalized spacial score (nSPS) is 25.1. The second-order valence-corrected chi connectivity index (χ2v) is 5.23. The second kappa shape index (κ2) is 6.86. The number of nitrogens with one attached hydrogen (secondary N) is 1. The van der Waals surface area contributed by atoms with Gasteiger partial charge in [0.05, 0.1) is 19.6 Å². The Morgan fingerprint density at radius 1 is 1.26 bits per heavy atom. The number of nitrogens with zero attached hydrogens (tertiary/aromatic N) is 2. The minimum absolute atomic E-state index is 0.135. The van der Waals surface area contributed by atoms with Crippen LogP contribution in [0, 0.1) is 5.92 Å². The molecular formula is C13H23N3O3. The summed E-state index contributed by atoms with van der Waals surface area (Å²) in [6.07, 6.45) is 1.71. The molecule has 108 valence electrons. The number of piperidine rings is 1. The second-order valence-electron chi connectivity index (χ2n) is 5.23. The molecule has 0 saturated carbocycles. The summed E-state index contributed by atoms with van der Waals surface area (Å²) in [5.74, 6) is -0.208. The van der Waals surface area contributed by atoms with Crippen molar-refractivity contribution in [3.63, 3.8) is 0 Å². The van der Waals surface area contributed by atoms with E-state index in [0.717, 1.165) is 45.6 Å². The highest BCUT2D eigenvalue weighted by molar-refractivity contribution is 5.80. The molecule has 0 aliphatic carbocycles. The zero-order chi connectivity index (χ0) is 13.7. The zero-order valence-corrected chi connectivity index (χ0v) is 11.6. The number of hydrogen-bond donors (Lipinski definition) is 1.